The second kappa shape index (κ2) is 7.05. The van der Waals surface area contributed by atoms with Crippen LogP contribution in [0.3, 0.4) is 0 Å². The standard InChI is InChI=1S/C17H20F3N3O3/c18-17(19,20)14-10-23(9-13(14)15(24)25)16(26)21-11-6-7-22(8-11)12-4-2-1-3-5-12/h1-5,11,13-14H,6-10H2,(H,21,26)(H,24,25)/t11?,13-,14-/m1/s1. The van der Waals surface area contributed by atoms with Crippen LogP contribution < -0.4 is 10.2 Å². The van der Waals surface area contributed by atoms with Gasteiger partial charge < -0.3 is 20.2 Å². The van der Waals surface area contributed by atoms with Crippen molar-refractivity contribution in [3.8, 4) is 0 Å². The van der Waals surface area contributed by atoms with Crippen LogP contribution >= 0.6 is 0 Å². The van der Waals surface area contributed by atoms with Gasteiger partial charge in [0, 0.05) is 37.9 Å². The van der Waals surface area contributed by atoms with Crippen molar-refractivity contribution in [3.05, 3.63) is 30.3 Å². The van der Waals surface area contributed by atoms with E-state index in [0.29, 0.717) is 13.0 Å². The molecule has 0 aromatic heterocycles. The summed E-state index contributed by atoms with van der Waals surface area (Å²) in [6, 6.07) is 8.82. The molecule has 2 aliphatic heterocycles. The van der Waals surface area contributed by atoms with E-state index in [1.54, 1.807) is 0 Å². The van der Waals surface area contributed by atoms with Crippen molar-refractivity contribution in [2.75, 3.05) is 31.1 Å². The van der Waals surface area contributed by atoms with E-state index in [0.717, 1.165) is 17.1 Å². The number of rotatable bonds is 3. The molecule has 1 unspecified atom stereocenters. The number of likely N-dealkylation sites (tertiary alicyclic amines) is 1. The van der Waals surface area contributed by atoms with Crippen molar-refractivity contribution in [2.24, 2.45) is 11.8 Å². The molecule has 2 aliphatic rings. The maximum Gasteiger partial charge on any atom is 0.394 e. The third kappa shape index (κ3) is 3.86. The summed E-state index contributed by atoms with van der Waals surface area (Å²) in [6.07, 6.45) is -3.96. The number of anilines is 1. The number of urea groups is 1. The van der Waals surface area contributed by atoms with Crippen molar-refractivity contribution in [3.63, 3.8) is 0 Å². The van der Waals surface area contributed by atoms with Crippen LogP contribution in [0.2, 0.25) is 0 Å². The number of nitrogens with one attached hydrogen (secondary N) is 1. The van der Waals surface area contributed by atoms with Gasteiger partial charge in [-0.25, -0.2) is 4.79 Å². The van der Waals surface area contributed by atoms with Crippen LogP contribution in [-0.2, 0) is 4.79 Å². The van der Waals surface area contributed by atoms with Crippen molar-refractivity contribution in [1.82, 2.24) is 10.2 Å². The Morgan fingerprint density at radius 1 is 1.12 bits per heavy atom. The van der Waals surface area contributed by atoms with E-state index in [-0.39, 0.29) is 6.04 Å². The maximum atomic E-state index is 13.0. The van der Waals surface area contributed by atoms with Gasteiger partial charge in [0.25, 0.3) is 0 Å². The number of alkyl halides is 3. The summed E-state index contributed by atoms with van der Waals surface area (Å²) in [7, 11) is 0. The summed E-state index contributed by atoms with van der Waals surface area (Å²) < 4.78 is 39.1. The Labute approximate surface area is 148 Å². The summed E-state index contributed by atoms with van der Waals surface area (Å²) in [5.41, 5.74) is 1.02. The number of carboxylic acid groups (broad SMARTS) is 1. The molecule has 2 fully saturated rings. The fraction of sp³-hybridized carbons (Fsp3) is 0.529. The Bertz CT molecular complexity index is 668. The monoisotopic (exact) mass is 371 g/mol. The molecule has 0 bridgehead atoms. The minimum Gasteiger partial charge on any atom is -0.481 e. The van der Waals surface area contributed by atoms with Crippen LogP contribution in [0.5, 0.6) is 0 Å². The Kier molecular flexibility index (Phi) is 4.97. The predicted molar refractivity (Wildman–Crippen MR) is 87.8 cm³/mol. The summed E-state index contributed by atoms with van der Waals surface area (Å²) in [6.45, 7) is 0.244. The normalized spacial score (nSPS) is 26.2. The lowest BCUT2D eigenvalue weighted by Gasteiger charge is -2.22. The van der Waals surface area contributed by atoms with Crippen LogP contribution in [0.4, 0.5) is 23.7 Å². The Balaban J connectivity index is 1.58. The number of halogens is 3. The van der Waals surface area contributed by atoms with Gasteiger partial charge in [0.15, 0.2) is 0 Å². The molecule has 0 saturated carbocycles. The van der Waals surface area contributed by atoms with Crippen LogP contribution in [0.1, 0.15) is 6.42 Å². The van der Waals surface area contributed by atoms with Gasteiger partial charge in [0.2, 0.25) is 0 Å². The highest BCUT2D eigenvalue weighted by Crippen LogP contribution is 2.37. The van der Waals surface area contributed by atoms with Gasteiger partial charge in [0.05, 0.1) is 11.8 Å². The van der Waals surface area contributed by atoms with E-state index in [2.05, 4.69) is 10.2 Å². The van der Waals surface area contributed by atoms with Gasteiger partial charge in [-0.15, -0.1) is 0 Å². The molecule has 2 N–H and O–H groups in total. The highest BCUT2D eigenvalue weighted by molar-refractivity contribution is 5.78. The van der Waals surface area contributed by atoms with Gasteiger partial charge in [-0.1, -0.05) is 18.2 Å². The molecule has 26 heavy (non-hydrogen) atoms. The molecule has 0 aliphatic carbocycles. The summed E-state index contributed by atoms with van der Waals surface area (Å²) in [5.74, 6) is -5.18. The molecule has 6 nitrogen and oxygen atoms in total. The lowest BCUT2D eigenvalue weighted by Crippen LogP contribution is -2.45. The number of carbonyl (C=O) groups excluding carboxylic acids is 1. The second-order valence-electron chi connectivity index (χ2n) is 6.71. The number of carbonyl (C=O) groups is 2. The highest BCUT2D eigenvalue weighted by Gasteiger charge is 2.53. The average Bonchev–Trinajstić information content (AvgIpc) is 3.22. The van der Waals surface area contributed by atoms with E-state index >= 15 is 0 Å². The molecule has 9 heteroatoms. The van der Waals surface area contributed by atoms with Crippen LogP contribution in [-0.4, -0.2) is 60.4 Å². The minimum absolute atomic E-state index is 0.184. The van der Waals surface area contributed by atoms with Crippen LogP contribution in [0, 0.1) is 11.8 Å². The van der Waals surface area contributed by atoms with E-state index in [9.17, 15) is 22.8 Å². The molecule has 3 atom stereocenters. The largest absolute Gasteiger partial charge is 0.481 e. The fourth-order valence-corrected chi connectivity index (χ4v) is 3.57. The first-order valence-corrected chi connectivity index (χ1v) is 8.40. The van der Waals surface area contributed by atoms with Gasteiger partial charge in [-0.05, 0) is 18.6 Å². The third-order valence-corrected chi connectivity index (χ3v) is 4.98. The number of carboxylic acids is 1. The summed E-state index contributed by atoms with van der Waals surface area (Å²) in [4.78, 5) is 26.5. The molecular formula is C17H20F3N3O3. The highest BCUT2D eigenvalue weighted by atomic mass is 19.4. The summed E-state index contributed by atoms with van der Waals surface area (Å²) >= 11 is 0. The molecule has 0 radical (unpaired) electrons. The molecule has 3 rings (SSSR count). The molecular weight excluding hydrogens is 351 g/mol. The number of amides is 2. The van der Waals surface area contributed by atoms with Crippen molar-refractivity contribution in [1.29, 1.82) is 0 Å². The smallest absolute Gasteiger partial charge is 0.394 e. The van der Waals surface area contributed by atoms with Gasteiger partial charge >= 0.3 is 18.2 Å². The Morgan fingerprint density at radius 2 is 1.81 bits per heavy atom. The average molecular weight is 371 g/mol. The fourth-order valence-electron chi connectivity index (χ4n) is 3.57. The van der Waals surface area contributed by atoms with Gasteiger partial charge in [-0.3, -0.25) is 4.79 Å². The zero-order chi connectivity index (χ0) is 18.9. The lowest BCUT2D eigenvalue weighted by atomic mass is 9.96. The van der Waals surface area contributed by atoms with Crippen molar-refractivity contribution < 1.29 is 27.9 Å². The predicted octanol–water partition coefficient (Wildman–Crippen LogP) is 2.17. The molecule has 2 amide bonds. The van der Waals surface area contributed by atoms with Gasteiger partial charge in [-0.2, -0.15) is 13.2 Å². The minimum atomic E-state index is -4.64. The van der Waals surface area contributed by atoms with E-state index in [4.69, 9.17) is 5.11 Å². The van der Waals surface area contributed by atoms with Crippen molar-refractivity contribution >= 4 is 17.7 Å². The number of aliphatic carboxylic acids is 1. The molecule has 1 aromatic rings. The molecule has 1 aromatic carbocycles. The summed E-state index contributed by atoms with van der Waals surface area (Å²) in [5, 5.41) is 11.8. The maximum absolute atomic E-state index is 13.0. The Morgan fingerprint density at radius 3 is 2.38 bits per heavy atom. The molecule has 2 heterocycles. The first kappa shape index (κ1) is 18.3. The van der Waals surface area contributed by atoms with Crippen LogP contribution in [0.25, 0.3) is 0 Å². The van der Waals surface area contributed by atoms with E-state index in [1.807, 2.05) is 30.3 Å². The number of para-hydroxylation sites is 1. The number of nitrogens with zero attached hydrogens (tertiary/aromatic N) is 2. The molecule has 0 spiro atoms. The Hall–Kier alpha value is -2.45. The van der Waals surface area contributed by atoms with E-state index in [1.165, 1.54) is 0 Å². The SMILES string of the molecule is O=C(O)[C@@H]1CN(C(=O)NC2CCN(c3ccccc3)C2)C[C@H]1C(F)(F)F. The number of hydrogen-bond donors (Lipinski definition) is 2. The first-order valence-electron chi connectivity index (χ1n) is 8.40. The van der Waals surface area contributed by atoms with Crippen molar-refractivity contribution in [2.45, 2.75) is 18.6 Å². The zero-order valence-electron chi connectivity index (χ0n) is 13.9. The molecule has 142 valence electrons. The lowest BCUT2D eigenvalue weighted by molar-refractivity contribution is -0.187. The second-order valence-corrected chi connectivity index (χ2v) is 6.71. The van der Waals surface area contributed by atoms with Crippen LogP contribution in [0.15, 0.2) is 30.3 Å². The topological polar surface area (TPSA) is 72.9 Å². The molecule has 2 saturated heterocycles. The zero-order valence-corrected chi connectivity index (χ0v) is 13.9. The number of hydrogen-bond acceptors (Lipinski definition) is 3. The first-order chi connectivity index (χ1) is 12.3. The van der Waals surface area contributed by atoms with E-state index < -0.39 is 43.1 Å². The third-order valence-electron chi connectivity index (χ3n) is 4.98. The number of benzene rings is 1. The quantitative estimate of drug-likeness (QED) is 0.854. The van der Waals surface area contributed by atoms with Gasteiger partial charge in [0.1, 0.15) is 0 Å².